The van der Waals surface area contributed by atoms with Gasteiger partial charge in [-0.2, -0.15) is 10.2 Å². The lowest BCUT2D eigenvalue weighted by Crippen LogP contribution is -2.19. The predicted octanol–water partition coefficient (Wildman–Crippen LogP) is 6.17. The lowest BCUT2D eigenvalue weighted by molar-refractivity contribution is -0.104. The highest BCUT2D eigenvalue weighted by atomic mass is 16.5. The van der Waals surface area contributed by atoms with Crippen molar-refractivity contribution in [2.75, 3.05) is 33.3 Å². The molecular formula is C29H52N6O2. The zero-order chi connectivity index (χ0) is 28.5. The highest BCUT2D eigenvalue weighted by Crippen LogP contribution is 2.24. The fourth-order valence-corrected chi connectivity index (χ4v) is 3.02. The summed E-state index contributed by atoms with van der Waals surface area (Å²) in [6.45, 7) is 21.0. The Bertz CT molecular complexity index is 792. The molecule has 1 aliphatic carbocycles. The zero-order valence-corrected chi connectivity index (χ0v) is 25.0. The molecule has 8 nitrogen and oxygen atoms in total. The Morgan fingerprint density at radius 1 is 1.08 bits per heavy atom. The molecule has 0 aromatic rings. The van der Waals surface area contributed by atoms with Gasteiger partial charge < -0.3 is 4.74 Å². The summed E-state index contributed by atoms with van der Waals surface area (Å²) >= 11 is 0. The number of amidine groups is 1. The maximum atomic E-state index is 10.8. The Morgan fingerprint density at radius 2 is 1.76 bits per heavy atom. The molecule has 0 N–H and O–H groups in total. The van der Waals surface area contributed by atoms with Crippen molar-refractivity contribution < 1.29 is 9.53 Å². The van der Waals surface area contributed by atoms with E-state index in [-0.39, 0.29) is 12.0 Å². The van der Waals surface area contributed by atoms with Gasteiger partial charge in [0.25, 0.3) is 0 Å². The predicted molar refractivity (Wildman–Crippen MR) is 162 cm³/mol. The van der Waals surface area contributed by atoms with Crippen LogP contribution in [0.1, 0.15) is 75.2 Å². The quantitative estimate of drug-likeness (QED) is 0.0908. The van der Waals surface area contributed by atoms with Crippen LogP contribution in [-0.4, -0.2) is 80.2 Å². The second-order valence-corrected chi connectivity index (χ2v) is 7.52. The van der Waals surface area contributed by atoms with Crippen molar-refractivity contribution in [3.8, 4) is 0 Å². The third kappa shape index (κ3) is 16.5. The molecule has 0 saturated heterocycles. The fraction of sp³-hybridized carbons (Fsp3) is 0.621. The van der Waals surface area contributed by atoms with Crippen LogP contribution in [0.25, 0.3) is 0 Å². The Balaban J connectivity index is 0. The summed E-state index contributed by atoms with van der Waals surface area (Å²) in [7, 11) is 1.66. The zero-order valence-electron chi connectivity index (χ0n) is 25.0. The summed E-state index contributed by atoms with van der Waals surface area (Å²) < 4.78 is 5.26. The first-order valence-electron chi connectivity index (χ1n) is 13.7. The van der Waals surface area contributed by atoms with Gasteiger partial charge in [-0.25, -0.2) is 4.99 Å². The van der Waals surface area contributed by atoms with Crippen molar-refractivity contribution in [1.29, 1.82) is 0 Å². The number of aliphatic imine (C=N–C) groups is 2. The summed E-state index contributed by atoms with van der Waals surface area (Å²) in [5, 5.41) is 12.7. The molecule has 0 amide bonds. The number of nitrogens with zero attached hydrogens (tertiary/aromatic N) is 6. The van der Waals surface area contributed by atoms with E-state index in [1.807, 2.05) is 52.8 Å². The number of ether oxygens (including phenoxy) is 1. The SMILES string of the molecule is CC.CC.CCN=C(N=CC(C)OC)C1=CCCC(C(C)/C=N/N(/C=C\C=O)C/C=N\N(CC)CC)=C1. The van der Waals surface area contributed by atoms with E-state index in [2.05, 4.69) is 53.1 Å². The van der Waals surface area contributed by atoms with Crippen LogP contribution in [0.5, 0.6) is 0 Å². The third-order valence-electron chi connectivity index (χ3n) is 5.09. The fourth-order valence-electron chi connectivity index (χ4n) is 3.02. The molecule has 0 aromatic carbocycles. The summed E-state index contributed by atoms with van der Waals surface area (Å²) in [6.07, 6.45) is 15.5. The Hall–Kier alpha value is -2.87. The minimum atomic E-state index is -0.0681. The molecule has 0 aromatic heterocycles. The van der Waals surface area contributed by atoms with E-state index in [0.717, 1.165) is 43.6 Å². The molecular weight excluding hydrogens is 464 g/mol. The molecule has 0 saturated carbocycles. The smallest absolute Gasteiger partial charge is 0.153 e. The van der Waals surface area contributed by atoms with Crippen molar-refractivity contribution in [2.45, 2.75) is 81.3 Å². The highest BCUT2D eigenvalue weighted by molar-refractivity contribution is 6.05. The minimum Gasteiger partial charge on any atom is -0.376 e. The maximum absolute atomic E-state index is 10.8. The van der Waals surface area contributed by atoms with Crippen LogP contribution >= 0.6 is 0 Å². The van der Waals surface area contributed by atoms with E-state index in [1.165, 1.54) is 11.6 Å². The van der Waals surface area contributed by atoms with Gasteiger partial charge in [-0.15, -0.1) is 0 Å². The minimum absolute atomic E-state index is 0.0681. The van der Waals surface area contributed by atoms with Crippen molar-refractivity contribution in [3.63, 3.8) is 0 Å². The molecule has 0 radical (unpaired) electrons. The average Bonchev–Trinajstić information content (AvgIpc) is 2.96. The molecule has 37 heavy (non-hydrogen) atoms. The Kier molecular flexibility index (Phi) is 24.3. The number of carbonyl (C=O) groups excluding carboxylic acids is 1. The number of carbonyl (C=O) groups is 1. The first-order chi connectivity index (χ1) is 18.0. The Morgan fingerprint density at radius 3 is 2.32 bits per heavy atom. The topological polar surface area (TPSA) is 82.2 Å². The summed E-state index contributed by atoms with van der Waals surface area (Å²) in [6, 6.07) is 0. The van der Waals surface area contributed by atoms with E-state index >= 15 is 0 Å². The van der Waals surface area contributed by atoms with Gasteiger partial charge in [0.2, 0.25) is 0 Å². The summed E-state index contributed by atoms with van der Waals surface area (Å²) in [5.74, 6) is 0.858. The van der Waals surface area contributed by atoms with Crippen LogP contribution in [-0.2, 0) is 9.53 Å². The molecule has 8 heteroatoms. The largest absolute Gasteiger partial charge is 0.376 e. The van der Waals surface area contributed by atoms with Crippen LogP contribution in [0.2, 0.25) is 0 Å². The lowest BCUT2D eigenvalue weighted by Gasteiger charge is -2.19. The van der Waals surface area contributed by atoms with Crippen LogP contribution < -0.4 is 0 Å². The van der Waals surface area contributed by atoms with E-state index in [1.54, 1.807) is 30.7 Å². The second-order valence-electron chi connectivity index (χ2n) is 7.52. The van der Waals surface area contributed by atoms with Gasteiger partial charge in [-0.3, -0.25) is 19.8 Å². The molecule has 0 spiro atoms. The van der Waals surface area contributed by atoms with Crippen LogP contribution in [0.3, 0.4) is 0 Å². The number of hydrogen-bond acceptors (Lipinski definition) is 7. The van der Waals surface area contributed by atoms with Gasteiger partial charge in [-0.05, 0) is 46.6 Å². The van der Waals surface area contributed by atoms with Crippen LogP contribution in [0, 0.1) is 5.92 Å². The van der Waals surface area contributed by atoms with Gasteiger partial charge in [0.15, 0.2) is 5.84 Å². The summed E-state index contributed by atoms with van der Waals surface area (Å²) in [5.41, 5.74) is 2.30. The first-order valence-corrected chi connectivity index (χ1v) is 13.7. The number of hydrazone groups is 2. The number of aldehydes is 1. The van der Waals surface area contributed by atoms with Gasteiger partial charge >= 0.3 is 0 Å². The number of hydrogen-bond donors (Lipinski definition) is 0. The van der Waals surface area contributed by atoms with E-state index < -0.39 is 0 Å². The highest BCUT2D eigenvalue weighted by Gasteiger charge is 2.14. The molecule has 0 aliphatic heterocycles. The van der Waals surface area contributed by atoms with Crippen molar-refractivity contribution >= 4 is 30.8 Å². The van der Waals surface area contributed by atoms with Gasteiger partial charge in [0.1, 0.15) is 6.29 Å². The van der Waals surface area contributed by atoms with Gasteiger partial charge in [0.05, 0.1) is 12.6 Å². The van der Waals surface area contributed by atoms with E-state index in [0.29, 0.717) is 13.1 Å². The number of rotatable bonds is 14. The standard InChI is InChI=1S/C25H40N6O2.2C2H6/c1-7-26-25(27-20-22(5)33-6)24-13-10-12-23(18-24)21(4)19-29-31(15-11-17-32)16-14-28-30(8-2)9-3;2*1-2/h11,13-15,17-22H,7-10,12,16H2,1-6H3;2*1-2H3/b15-11-,26-25?,27-20?,28-14-,29-19+;;. The molecule has 2 atom stereocenters. The van der Waals surface area contributed by atoms with Gasteiger partial charge in [0, 0.05) is 63.1 Å². The molecule has 1 rings (SSSR count). The van der Waals surface area contributed by atoms with Crippen molar-refractivity contribution in [3.05, 3.63) is 35.6 Å². The molecule has 0 bridgehead atoms. The first kappa shape index (κ1) is 36.3. The Labute approximate surface area is 226 Å². The molecule has 210 valence electrons. The van der Waals surface area contributed by atoms with Crippen molar-refractivity contribution in [2.24, 2.45) is 26.1 Å². The number of methoxy groups -OCH3 is 1. The molecule has 1 aliphatic rings. The van der Waals surface area contributed by atoms with Crippen LogP contribution in [0.4, 0.5) is 0 Å². The molecule has 2 unspecified atom stereocenters. The van der Waals surface area contributed by atoms with E-state index in [9.17, 15) is 4.79 Å². The van der Waals surface area contributed by atoms with Crippen molar-refractivity contribution in [1.82, 2.24) is 10.0 Å². The molecule has 0 fully saturated rings. The monoisotopic (exact) mass is 516 g/mol. The maximum Gasteiger partial charge on any atom is 0.153 e. The van der Waals surface area contributed by atoms with Gasteiger partial charge in [-0.1, -0.05) is 52.3 Å². The second kappa shape index (κ2) is 24.8. The van der Waals surface area contributed by atoms with Crippen LogP contribution in [0.15, 0.2) is 55.8 Å². The lowest BCUT2D eigenvalue weighted by atomic mass is 9.90. The molecule has 0 heterocycles. The number of allylic oxidation sites excluding steroid dienone is 3. The van der Waals surface area contributed by atoms with E-state index in [4.69, 9.17) is 4.74 Å². The normalized spacial score (nSPS) is 15.6. The summed E-state index contributed by atoms with van der Waals surface area (Å²) in [4.78, 5) is 19.9. The average molecular weight is 517 g/mol. The third-order valence-corrected chi connectivity index (χ3v) is 5.09.